The van der Waals surface area contributed by atoms with Crippen LogP contribution in [0.25, 0.3) is 11.0 Å². The van der Waals surface area contributed by atoms with Crippen LogP contribution in [-0.4, -0.2) is 35.1 Å². The van der Waals surface area contributed by atoms with Crippen molar-refractivity contribution < 1.29 is 9.53 Å². The summed E-state index contributed by atoms with van der Waals surface area (Å²) in [5.74, 6) is 0.634. The van der Waals surface area contributed by atoms with Gasteiger partial charge in [-0.15, -0.1) is 0 Å². The molecule has 1 amide bonds. The standard InChI is InChI=1S/C20H19Cl2N3O2/c21-15-4-1-5-16(22)14(15)10-19-24-17-7-6-12(9-18(17)25-19)20(26)23-11-13-3-2-8-27-13/h1,4-7,9,13H,2-3,8,10-11H2,(H,23,26)(H,24,25). The number of fused-ring (bicyclic) bond motifs is 1. The fourth-order valence-electron chi connectivity index (χ4n) is 3.27. The van der Waals surface area contributed by atoms with Gasteiger partial charge in [-0.1, -0.05) is 29.3 Å². The maximum Gasteiger partial charge on any atom is 0.251 e. The Hall–Kier alpha value is -2.08. The topological polar surface area (TPSA) is 67.0 Å². The summed E-state index contributed by atoms with van der Waals surface area (Å²) in [7, 11) is 0. The van der Waals surface area contributed by atoms with Crippen molar-refractivity contribution in [2.45, 2.75) is 25.4 Å². The van der Waals surface area contributed by atoms with Gasteiger partial charge in [0.2, 0.25) is 0 Å². The highest BCUT2D eigenvalue weighted by molar-refractivity contribution is 6.36. The third-order valence-electron chi connectivity index (χ3n) is 4.71. The van der Waals surface area contributed by atoms with Crippen LogP contribution in [0.5, 0.6) is 0 Å². The molecule has 1 aliphatic heterocycles. The lowest BCUT2D eigenvalue weighted by atomic mass is 10.1. The molecule has 1 aliphatic rings. The molecule has 7 heteroatoms. The van der Waals surface area contributed by atoms with Crippen molar-refractivity contribution in [1.82, 2.24) is 15.3 Å². The van der Waals surface area contributed by atoms with E-state index in [2.05, 4.69) is 15.3 Å². The largest absolute Gasteiger partial charge is 0.376 e. The molecule has 27 heavy (non-hydrogen) atoms. The Morgan fingerprint density at radius 1 is 1.26 bits per heavy atom. The fraction of sp³-hybridized carbons (Fsp3) is 0.300. The van der Waals surface area contributed by atoms with E-state index >= 15 is 0 Å². The first-order chi connectivity index (χ1) is 13.1. The number of hydrogen-bond donors (Lipinski definition) is 2. The number of nitrogens with zero attached hydrogens (tertiary/aromatic N) is 1. The van der Waals surface area contributed by atoms with Gasteiger partial charge in [0.15, 0.2) is 0 Å². The second-order valence-electron chi connectivity index (χ2n) is 6.64. The smallest absolute Gasteiger partial charge is 0.251 e. The molecule has 4 rings (SSSR count). The van der Waals surface area contributed by atoms with Crippen molar-refractivity contribution in [3.63, 3.8) is 0 Å². The first kappa shape index (κ1) is 18.3. The van der Waals surface area contributed by atoms with Gasteiger partial charge in [0.25, 0.3) is 5.91 Å². The third-order valence-corrected chi connectivity index (χ3v) is 5.42. The van der Waals surface area contributed by atoms with Crippen LogP contribution in [0.4, 0.5) is 0 Å². The Kier molecular flexibility index (Phi) is 5.34. The van der Waals surface area contributed by atoms with Gasteiger partial charge in [0.1, 0.15) is 5.82 Å². The molecule has 1 fully saturated rings. The summed E-state index contributed by atoms with van der Waals surface area (Å²) < 4.78 is 5.54. The first-order valence-corrected chi connectivity index (χ1v) is 9.67. The average Bonchev–Trinajstić information content (AvgIpc) is 3.31. The molecule has 5 nitrogen and oxygen atoms in total. The molecule has 3 aromatic rings. The normalized spacial score (nSPS) is 16.7. The van der Waals surface area contributed by atoms with Gasteiger partial charge < -0.3 is 15.0 Å². The van der Waals surface area contributed by atoms with Crippen molar-refractivity contribution in [2.24, 2.45) is 0 Å². The fourth-order valence-corrected chi connectivity index (χ4v) is 3.80. The summed E-state index contributed by atoms with van der Waals surface area (Å²) in [4.78, 5) is 20.2. The monoisotopic (exact) mass is 403 g/mol. The third kappa shape index (κ3) is 4.10. The van der Waals surface area contributed by atoms with Crippen molar-refractivity contribution in [3.05, 3.63) is 63.4 Å². The number of imidazole rings is 1. The van der Waals surface area contributed by atoms with Gasteiger partial charge in [-0.2, -0.15) is 0 Å². The van der Waals surface area contributed by atoms with E-state index < -0.39 is 0 Å². The predicted octanol–water partition coefficient (Wildman–Crippen LogP) is 4.37. The number of aromatic amines is 1. The van der Waals surface area contributed by atoms with Gasteiger partial charge in [0, 0.05) is 35.2 Å². The van der Waals surface area contributed by atoms with Crippen LogP contribution in [0.1, 0.15) is 34.6 Å². The molecule has 1 saturated heterocycles. The minimum atomic E-state index is -0.113. The van der Waals surface area contributed by atoms with Crippen LogP contribution in [0.15, 0.2) is 36.4 Å². The molecule has 2 aromatic carbocycles. The molecule has 2 N–H and O–H groups in total. The Labute approximate surface area is 167 Å². The Bertz CT molecular complexity index is 960. The Morgan fingerprint density at radius 3 is 2.81 bits per heavy atom. The van der Waals surface area contributed by atoms with Gasteiger partial charge in [-0.25, -0.2) is 4.98 Å². The lowest BCUT2D eigenvalue weighted by Crippen LogP contribution is -2.31. The van der Waals surface area contributed by atoms with E-state index in [0.29, 0.717) is 28.6 Å². The van der Waals surface area contributed by atoms with E-state index in [1.807, 2.05) is 30.3 Å². The maximum absolute atomic E-state index is 12.4. The lowest BCUT2D eigenvalue weighted by molar-refractivity contribution is 0.0858. The summed E-state index contributed by atoms with van der Waals surface area (Å²) >= 11 is 12.5. The number of amides is 1. The summed E-state index contributed by atoms with van der Waals surface area (Å²) in [6.45, 7) is 1.31. The van der Waals surface area contributed by atoms with Crippen molar-refractivity contribution in [1.29, 1.82) is 0 Å². The quantitative estimate of drug-likeness (QED) is 0.664. The Morgan fingerprint density at radius 2 is 2.07 bits per heavy atom. The second kappa shape index (κ2) is 7.89. The second-order valence-corrected chi connectivity index (χ2v) is 7.45. The van der Waals surface area contributed by atoms with E-state index in [9.17, 15) is 4.79 Å². The number of benzene rings is 2. The number of aromatic nitrogens is 2. The van der Waals surface area contributed by atoms with Crippen LogP contribution in [0.3, 0.4) is 0 Å². The van der Waals surface area contributed by atoms with Crippen LogP contribution in [0.2, 0.25) is 10.0 Å². The van der Waals surface area contributed by atoms with E-state index in [0.717, 1.165) is 41.9 Å². The minimum Gasteiger partial charge on any atom is -0.376 e. The molecule has 0 spiro atoms. The van der Waals surface area contributed by atoms with E-state index in [1.54, 1.807) is 6.07 Å². The van der Waals surface area contributed by atoms with Gasteiger partial charge >= 0.3 is 0 Å². The zero-order chi connectivity index (χ0) is 18.8. The van der Waals surface area contributed by atoms with E-state index in [4.69, 9.17) is 27.9 Å². The summed E-state index contributed by atoms with van der Waals surface area (Å²) in [6.07, 6.45) is 2.66. The van der Waals surface area contributed by atoms with Crippen LogP contribution in [0, 0.1) is 0 Å². The van der Waals surface area contributed by atoms with Crippen LogP contribution < -0.4 is 5.32 Å². The minimum absolute atomic E-state index is 0.113. The van der Waals surface area contributed by atoms with Gasteiger partial charge in [-0.3, -0.25) is 4.79 Å². The van der Waals surface area contributed by atoms with Crippen molar-refractivity contribution >= 4 is 40.1 Å². The van der Waals surface area contributed by atoms with Crippen molar-refractivity contribution in [3.8, 4) is 0 Å². The number of halogens is 2. The molecule has 1 aromatic heterocycles. The molecular formula is C20H19Cl2N3O2. The molecule has 2 heterocycles. The summed E-state index contributed by atoms with van der Waals surface area (Å²) in [6, 6.07) is 10.9. The maximum atomic E-state index is 12.4. The molecule has 0 aliphatic carbocycles. The highest BCUT2D eigenvalue weighted by Crippen LogP contribution is 2.27. The number of nitrogens with one attached hydrogen (secondary N) is 2. The molecular weight excluding hydrogens is 385 g/mol. The highest BCUT2D eigenvalue weighted by Gasteiger charge is 2.17. The van der Waals surface area contributed by atoms with Gasteiger partial charge in [0.05, 0.1) is 17.1 Å². The zero-order valence-corrected chi connectivity index (χ0v) is 16.1. The van der Waals surface area contributed by atoms with Gasteiger partial charge in [-0.05, 0) is 48.7 Å². The number of carbonyl (C=O) groups is 1. The molecule has 140 valence electrons. The number of hydrogen-bond acceptors (Lipinski definition) is 3. The number of H-pyrrole nitrogens is 1. The summed E-state index contributed by atoms with van der Waals surface area (Å²) in [5.41, 5.74) is 3.02. The van der Waals surface area contributed by atoms with E-state index in [-0.39, 0.29) is 12.0 Å². The van der Waals surface area contributed by atoms with E-state index in [1.165, 1.54) is 0 Å². The van der Waals surface area contributed by atoms with Crippen LogP contribution >= 0.6 is 23.2 Å². The molecule has 0 saturated carbocycles. The SMILES string of the molecule is O=C(NCC1CCCO1)c1ccc2nc(Cc3c(Cl)cccc3Cl)[nH]c2c1. The Balaban J connectivity index is 1.50. The number of ether oxygens (including phenoxy) is 1. The molecule has 0 bridgehead atoms. The molecule has 0 radical (unpaired) electrons. The predicted molar refractivity (Wildman–Crippen MR) is 107 cm³/mol. The molecule has 1 atom stereocenters. The number of carbonyl (C=O) groups excluding carboxylic acids is 1. The first-order valence-electron chi connectivity index (χ1n) is 8.91. The zero-order valence-electron chi connectivity index (χ0n) is 14.6. The highest BCUT2D eigenvalue weighted by atomic mass is 35.5. The van der Waals surface area contributed by atoms with Crippen molar-refractivity contribution in [2.75, 3.05) is 13.2 Å². The lowest BCUT2D eigenvalue weighted by Gasteiger charge is -2.10. The summed E-state index contributed by atoms with van der Waals surface area (Å²) in [5, 5.41) is 4.15. The average molecular weight is 404 g/mol. The van der Waals surface area contributed by atoms with Crippen LogP contribution in [-0.2, 0) is 11.2 Å². The number of rotatable bonds is 5. The molecule has 1 unspecified atom stereocenters.